The summed E-state index contributed by atoms with van der Waals surface area (Å²) in [7, 11) is 0. The maximum Gasteiger partial charge on any atom is 0.323 e. The summed E-state index contributed by atoms with van der Waals surface area (Å²) in [5.74, 6) is -0.108. The molecular weight excluding hydrogens is 689 g/mol. The fourth-order valence-corrected chi connectivity index (χ4v) is 5.53. The van der Waals surface area contributed by atoms with Crippen molar-refractivity contribution in [3.05, 3.63) is 144 Å². The number of nitrogens with one attached hydrogen (secondary N) is 3. The molecule has 2 aromatic rings. The number of urea groups is 1. The second-order valence-electron chi connectivity index (χ2n) is 13.1. The van der Waals surface area contributed by atoms with Gasteiger partial charge in [-0.15, -0.1) is 0 Å². The van der Waals surface area contributed by atoms with Gasteiger partial charge in [-0.05, 0) is 81.2 Å². The minimum Gasteiger partial charge on any atom is -0.327 e. The Kier molecular flexibility index (Phi) is 15.5. The lowest BCUT2D eigenvalue weighted by Crippen LogP contribution is -2.42. The first-order valence-corrected chi connectivity index (χ1v) is 18.1. The van der Waals surface area contributed by atoms with Crippen LogP contribution in [0.5, 0.6) is 0 Å². The Balaban J connectivity index is 1.55. The van der Waals surface area contributed by atoms with E-state index in [2.05, 4.69) is 44.1 Å². The molecule has 11 nitrogen and oxygen atoms in total. The second kappa shape index (κ2) is 20.7. The Morgan fingerprint density at radius 1 is 1.04 bits per heavy atom. The van der Waals surface area contributed by atoms with Gasteiger partial charge in [-0.25, -0.2) is 14.8 Å². The van der Waals surface area contributed by atoms with E-state index in [4.69, 9.17) is 4.99 Å². The first kappa shape index (κ1) is 41.3. The van der Waals surface area contributed by atoms with Gasteiger partial charge in [0.25, 0.3) is 5.91 Å². The number of carbonyl (C=O) groups excluding carboxylic acids is 3. The molecule has 4 rings (SSSR count). The molecule has 0 aromatic heterocycles. The number of benzene rings is 2. The lowest BCUT2D eigenvalue weighted by atomic mass is 9.96. The topological polar surface area (TPSA) is 140 Å². The van der Waals surface area contributed by atoms with E-state index in [1.807, 2.05) is 71.0 Å². The van der Waals surface area contributed by atoms with Gasteiger partial charge >= 0.3 is 6.03 Å². The number of nitrogens with zero attached hydrogens (tertiary/aromatic N) is 5. The summed E-state index contributed by atoms with van der Waals surface area (Å²) in [6.45, 7) is 17.7. The molecule has 0 saturated heterocycles. The molecule has 0 spiro atoms. The van der Waals surface area contributed by atoms with Gasteiger partial charge in [-0.3, -0.25) is 24.5 Å². The van der Waals surface area contributed by atoms with Crippen LogP contribution >= 0.6 is 0 Å². The number of rotatable bonds is 10. The molecular formula is C44H50N8O3. The van der Waals surface area contributed by atoms with Crippen molar-refractivity contribution >= 4 is 52.7 Å². The van der Waals surface area contributed by atoms with E-state index >= 15 is 0 Å². The number of allylic oxidation sites excluding steroid dienone is 8. The highest BCUT2D eigenvalue weighted by molar-refractivity contribution is 6.11. The van der Waals surface area contributed by atoms with E-state index in [1.54, 1.807) is 72.0 Å². The molecule has 0 bridgehead atoms. The Morgan fingerprint density at radius 2 is 1.82 bits per heavy atom. The average Bonchev–Trinajstić information content (AvgIpc) is 3.21. The van der Waals surface area contributed by atoms with Gasteiger partial charge in [0.05, 0.1) is 11.4 Å². The van der Waals surface area contributed by atoms with Gasteiger partial charge in [-0.1, -0.05) is 79.9 Å². The fourth-order valence-electron chi connectivity index (χ4n) is 5.53. The molecule has 1 atom stereocenters. The molecule has 0 radical (unpaired) electrons. The minimum atomic E-state index is -0.670. The molecule has 2 aliphatic heterocycles. The third kappa shape index (κ3) is 12.6. The standard InChI is InChI=1S/C44H50N8O3/c1-8-31(5)34(9-2)26-39-41(53)21-14-19-36(18-13-20-38(51-39)35-16-11-10-12-17-35)42(54)50-37-23-22-32(6)40(27-37)52-25-15-24-45-43(47-29-48-44(52)55)49-33(7)28-46-30(3)4/h8-14,16-20,22-24,27-28,39H,1-2,15,21,25-26,29H2,3-7H3,(H,47,49)(H,48,55)(H,50,54)/b19-14+,20-13+,33-28+,34-31+,36-18+,45-24?,51-38?/t39-/m0/s1. The quantitative estimate of drug-likeness (QED) is 0.167. The van der Waals surface area contributed by atoms with E-state index in [1.165, 1.54) is 0 Å². The summed E-state index contributed by atoms with van der Waals surface area (Å²) >= 11 is 0. The Bertz CT molecular complexity index is 2060. The van der Waals surface area contributed by atoms with E-state index in [9.17, 15) is 14.4 Å². The number of aliphatic imine (C=N–C) groups is 4. The van der Waals surface area contributed by atoms with Crippen LogP contribution in [0.15, 0.2) is 153 Å². The van der Waals surface area contributed by atoms with Crippen molar-refractivity contribution in [2.75, 3.05) is 23.4 Å². The van der Waals surface area contributed by atoms with Crippen LogP contribution in [0.4, 0.5) is 16.2 Å². The summed E-state index contributed by atoms with van der Waals surface area (Å²) in [6.07, 6.45) is 16.4. The van der Waals surface area contributed by atoms with Crippen molar-refractivity contribution in [1.29, 1.82) is 0 Å². The molecule has 2 aromatic carbocycles. The zero-order chi connectivity index (χ0) is 39.7. The fraction of sp³-hybridized carbons (Fsp3) is 0.250. The summed E-state index contributed by atoms with van der Waals surface area (Å²) in [4.78, 5) is 60.5. The van der Waals surface area contributed by atoms with Crippen LogP contribution in [0, 0.1) is 6.92 Å². The number of hydrogen-bond donors (Lipinski definition) is 3. The predicted molar refractivity (Wildman–Crippen MR) is 227 cm³/mol. The summed E-state index contributed by atoms with van der Waals surface area (Å²) in [5, 5.41) is 8.93. The first-order valence-electron chi connectivity index (χ1n) is 18.1. The van der Waals surface area contributed by atoms with Gasteiger partial charge in [0, 0.05) is 60.9 Å². The molecule has 0 fully saturated rings. The summed E-state index contributed by atoms with van der Waals surface area (Å²) in [5.41, 5.74) is 7.27. The Labute approximate surface area is 324 Å². The minimum absolute atomic E-state index is 0.00235. The zero-order valence-corrected chi connectivity index (χ0v) is 32.3. The van der Waals surface area contributed by atoms with Gasteiger partial charge < -0.3 is 16.0 Å². The second-order valence-corrected chi connectivity index (χ2v) is 13.1. The van der Waals surface area contributed by atoms with Crippen LogP contribution in [-0.4, -0.2) is 60.6 Å². The van der Waals surface area contributed by atoms with Crippen LogP contribution < -0.4 is 20.9 Å². The summed E-state index contributed by atoms with van der Waals surface area (Å²) < 4.78 is 0. The molecule has 55 heavy (non-hydrogen) atoms. The van der Waals surface area contributed by atoms with Crippen LogP contribution in [0.3, 0.4) is 0 Å². The number of aryl methyl sites for hydroxylation is 1. The van der Waals surface area contributed by atoms with E-state index < -0.39 is 6.04 Å². The zero-order valence-electron chi connectivity index (χ0n) is 32.3. The van der Waals surface area contributed by atoms with Gasteiger partial charge in [0.1, 0.15) is 12.7 Å². The third-order valence-electron chi connectivity index (χ3n) is 8.60. The first-order chi connectivity index (χ1) is 26.5. The van der Waals surface area contributed by atoms with E-state index in [0.29, 0.717) is 48.0 Å². The number of guanidine groups is 1. The highest BCUT2D eigenvalue weighted by Gasteiger charge is 2.21. The Hall–Kier alpha value is -6.49. The monoisotopic (exact) mass is 738 g/mol. The molecule has 2 aliphatic rings. The summed E-state index contributed by atoms with van der Waals surface area (Å²) in [6, 6.07) is 14.0. The number of anilines is 2. The van der Waals surface area contributed by atoms with Crippen molar-refractivity contribution < 1.29 is 14.4 Å². The maximum absolute atomic E-state index is 13.8. The normalized spacial score (nSPS) is 19.4. The molecule has 3 amide bonds. The largest absolute Gasteiger partial charge is 0.327 e. The molecule has 3 N–H and O–H groups in total. The van der Waals surface area contributed by atoms with Gasteiger partial charge in [-0.2, -0.15) is 0 Å². The molecule has 0 aliphatic carbocycles. The lowest BCUT2D eigenvalue weighted by molar-refractivity contribution is -0.119. The van der Waals surface area contributed by atoms with Crippen molar-refractivity contribution in [2.45, 2.75) is 59.9 Å². The highest BCUT2D eigenvalue weighted by Crippen LogP contribution is 2.26. The predicted octanol–water partition coefficient (Wildman–Crippen LogP) is 8.12. The molecule has 284 valence electrons. The maximum atomic E-state index is 13.8. The highest BCUT2D eigenvalue weighted by atomic mass is 16.2. The van der Waals surface area contributed by atoms with Crippen LogP contribution in [-0.2, 0) is 9.59 Å². The lowest BCUT2D eigenvalue weighted by Gasteiger charge is -2.25. The SMILES string of the molecule is C=C/C(C)=C(\C=C)C[C@@H]1N=C(c2ccccc2)/C=C/C=C(C(=O)Nc2ccc(C)c(N3CCC=NC(N/C(C)=C/N=C(C)C)=NCNC3=O)c2)\C=C\CC1=O. The number of carbonyl (C=O) groups is 3. The van der Waals surface area contributed by atoms with Crippen LogP contribution in [0.1, 0.15) is 58.1 Å². The number of hydrogen-bond acceptors (Lipinski definition) is 8. The van der Waals surface area contributed by atoms with Crippen molar-refractivity contribution in [1.82, 2.24) is 10.6 Å². The van der Waals surface area contributed by atoms with E-state index in [0.717, 1.165) is 33.7 Å². The smallest absolute Gasteiger partial charge is 0.323 e. The number of ketones is 1. The Morgan fingerprint density at radius 3 is 2.55 bits per heavy atom. The third-order valence-corrected chi connectivity index (χ3v) is 8.60. The molecule has 2 heterocycles. The van der Waals surface area contributed by atoms with E-state index in [-0.39, 0.29) is 30.8 Å². The van der Waals surface area contributed by atoms with Gasteiger partial charge in [0.15, 0.2) is 5.78 Å². The molecule has 11 heteroatoms. The molecule has 0 unspecified atom stereocenters. The van der Waals surface area contributed by atoms with Crippen molar-refractivity contribution in [3.8, 4) is 0 Å². The number of Topliss-reactive ketones (excluding diaryl/α,β-unsaturated/α-hetero) is 1. The van der Waals surface area contributed by atoms with Crippen LogP contribution in [0.2, 0.25) is 0 Å². The molecule has 0 saturated carbocycles. The van der Waals surface area contributed by atoms with Crippen molar-refractivity contribution in [3.63, 3.8) is 0 Å². The number of amides is 3. The van der Waals surface area contributed by atoms with Gasteiger partial charge in [0.2, 0.25) is 5.96 Å². The van der Waals surface area contributed by atoms with Crippen LogP contribution in [0.25, 0.3) is 0 Å². The average molecular weight is 739 g/mol. The van der Waals surface area contributed by atoms with Crippen molar-refractivity contribution in [2.24, 2.45) is 20.0 Å².